The molecule has 0 saturated carbocycles. The van der Waals surface area contributed by atoms with Crippen molar-refractivity contribution in [2.75, 3.05) is 26.8 Å². The zero-order valence-corrected chi connectivity index (χ0v) is 20.8. The van der Waals surface area contributed by atoms with Gasteiger partial charge < -0.3 is 9.64 Å². The number of halogens is 1. The van der Waals surface area contributed by atoms with Crippen molar-refractivity contribution in [3.8, 4) is 0 Å². The lowest BCUT2D eigenvalue weighted by Gasteiger charge is -2.27. The van der Waals surface area contributed by atoms with E-state index in [-0.39, 0.29) is 23.9 Å². The van der Waals surface area contributed by atoms with Crippen molar-refractivity contribution in [2.45, 2.75) is 24.4 Å². The van der Waals surface area contributed by atoms with Gasteiger partial charge in [0.25, 0.3) is 0 Å². The van der Waals surface area contributed by atoms with E-state index in [9.17, 15) is 13.2 Å². The SMILES string of the molecule is COCCCN(CC(=O)N(Cc1ccccc1)Cc1cccs1)S(=O)(=O)c1ccc(Cl)cc1. The van der Waals surface area contributed by atoms with Crippen molar-refractivity contribution in [2.24, 2.45) is 0 Å². The Morgan fingerprint density at radius 3 is 2.36 bits per heavy atom. The number of rotatable bonds is 12. The maximum Gasteiger partial charge on any atom is 0.243 e. The van der Waals surface area contributed by atoms with Crippen LogP contribution < -0.4 is 0 Å². The molecule has 0 aliphatic rings. The fourth-order valence-corrected chi connectivity index (χ4v) is 5.58. The van der Waals surface area contributed by atoms with Crippen LogP contribution in [0.1, 0.15) is 16.9 Å². The second-order valence-electron chi connectivity index (χ2n) is 7.45. The van der Waals surface area contributed by atoms with E-state index in [0.717, 1.165) is 10.4 Å². The third kappa shape index (κ3) is 7.38. The van der Waals surface area contributed by atoms with Gasteiger partial charge in [0.2, 0.25) is 15.9 Å². The standard InChI is InChI=1S/C24H27ClN2O4S2/c1-31-15-6-14-27(33(29,30)23-12-10-21(25)11-13-23)19-24(28)26(18-22-9-5-16-32-22)17-20-7-3-2-4-8-20/h2-5,7-13,16H,6,14-15,17-19H2,1H3. The van der Waals surface area contributed by atoms with E-state index < -0.39 is 10.0 Å². The largest absolute Gasteiger partial charge is 0.385 e. The number of carbonyl (C=O) groups is 1. The number of hydrogen-bond acceptors (Lipinski definition) is 5. The Hall–Kier alpha value is -2.23. The highest BCUT2D eigenvalue weighted by molar-refractivity contribution is 7.89. The van der Waals surface area contributed by atoms with Crippen LogP contribution in [0.15, 0.2) is 77.0 Å². The highest BCUT2D eigenvalue weighted by Gasteiger charge is 2.28. The number of carbonyl (C=O) groups excluding carboxylic acids is 1. The summed E-state index contributed by atoms with van der Waals surface area (Å²) in [4.78, 5) is 16.3. The molecule has 0 aliphatic heterocycles. The molecule has 0 radical (unpaired) electrons. The highest BCUT2D eigenvalue weighted by atomic mass is 35.5. The molecule has 0 bridgehead atoms. The summed E-state index contributed by atoms with van der Waals surface area (Å²) in [6, 6.07) is 19.6. The van der Waals surface area contributed by atoms with Crippen molar-refractivity contribution >= 4 is 38.9 Å². The topological polar surface area (TPSA) is 66.9 Å². The van der Waals surface area contributed by atoms with Crippen molar-refractivity contribution in [1.29, 1.82) is 0 Å². The number of thiophene rings is 1. The van der Waals surface area contributed by atoms with Crippen molar-refractivity contribution in [1.82, 2.24) is 9.21 Å². The molecule has 33 heavy (non-hydrogen) atoms. The Bertz CT molecular complexity index is 1110. The van der Waals surface area contributed by atoms with Gasteiger partial charge in [-0.3, -0.25) is 4.79 Å². The molecule has 0 atom stereocenters. The van der Waals surface area contributed by atoms with E-state index in [1.54, 1.807) is 23.3 Å². The zero-order valence-electron chi connectivity index (χ0n) is 18.4. The quantitative estimate of drug-likeness (QED) is 0.335. The lowest BCUT2D eigenvalue weighted by atomic mass is 10.2. The van der Waals surface area contributed by atoms with Crippen LogP contribution in [0.2, 0.25) is 5.02 Å². The van der Waals surface area contributed by atoms with E-state index in [1.807, 2.05) is 47.8 Å². The van der Waals surface area contributed by atoms with E-state index in [0.29, 0.717) is 31.1 Å². The third-order valence-electron chi connectivity index (χ3n) is 5.01. The molecule has 1 amide bonds. The van der Waals surface area contributed by atoms with Gasteiger partial charge in [-0.2, -0.15) is 4.31 Å². The van der Waals surface area contributed by atoms with Gasteiger partial charge in [-0.1, -0.05) is 48.0 Å². The number of methoxy groups -OCH3 is 1. The monoisotopic (exact) mass is 506 g/mol. The summed E-state index contributed by atoms with van der Waals surface area (Å²) in [6.45, 7) is 1.11. The second-order valence-corrected chi connectivity index (χ2v) is 10.9. The zero-order chi connectivity index (χ0) is 23.7. The highest BCUT2D eigenvalue weighted by Crippen LogP contribution is 2.20. The van der Waals surface area contributed by atoms with Crippen LogP contribution in [0.5, 0.6) is 0 Å². The first-order valence-corrected chi connectivity index (χ1v) is 13.2. The molecule has 1 heterocycles. The smallest absolute Gasteiger partial charge is 0.243 e. The van der Waals surface area contributed by atoms with Crippen LogP contribution >= 0.6 is 22.9 Å². The third-order valence-corrected chi connectivity index (χ3v) is 7.99. The van der Waals surface area contributed by atoms with Crippen LogP contribution in [0.25, 0.3) is 0 Å². The minimum absolute atomic E-state index is 0.102. The average molecular weight is 507 g/mol. The van der Waals surface area contributed by atoms with Crippen LogP contribution in [0.3, 0.4) is 0 Å². The summed E-state index contributed by atoms with van der Waals surface area (Å²) >= 11 is 7.49. The van der Waals surface area contributed by atoms with Gasteiger partial charge in [-0.15, -0.1) is 11.3 Å². The second kappa shape index (κ2) is 12.3. The molecule has 0 N–H and O–H groups in total. The molecule has 9 heteroatoms. The summed E-state index contributed by atoms with van der Waals surface area (Å²) in [5.74, 6) is -0.262. The first kappa shape index (κ1) is 25.4. The van der Waals surface area contributed by atoms with Gasteiger partial charge in [0.15, 0.2) is 0 Å². The molecule has 0 saturated heterocycles. The van der Waals surface area contributed by atoms with Gasteiger partial charge in [-0.05, 0) is 47.7 Å². The Balaban J connectivity index is 1.84. The van der Waals surface area contributed by atoms with Gasteiger partial charge in [0.05, 0.1) is 18.0 Å². The van der Waals surface area contributed by atoms with Gasteiger partial charge in [0, 0.05) is 36.7 Å². The lowest BCUT2D eigenvalue weighted by molar-refractivity contribution is -0.132. The first-order valence-electron chi connectivity index (χ1n) is 10.5. The Labute approximate surface area is 204 Å². The van der Waals surface area contributed by atoms with E-state index in [4.69, 9.17) is 16.3 Å². The van der Waals surface area contributed by atoms with Crippen LogP contribution in [0.4, 0.5) is 0 Å². The maximum absolute atomic E-state index is 13.4. The number of sulfonamides is 1. The number of hydrogen-bond donors (Lipinski definition) is 0. The van der Waals surface area contributed by atoms with Crippen LogP contribution in [-0.4, -0.2) is 50.3 Å². The Morgan fingerprint density at radius 2 is 1.73 bits per heavy atom. The van der Waals surface area contributed by atoms with E-state index in [2.05, 4.69) is 0 Å². The minimum Gasteiger partial charge on any atom is -0.385 e. The molecule has 1 aromatic heterocycles. The van der Waals surface area contributed by atoms with E-state index in [1.165, 1.54) is 28.6 Å². The van der Waals surface area contributed by atoms with Gasteiger partial charge in [0.1, 0.15) is 0 Å². The summed E-state index contributed by atoms with van der Waals surface area (Å²) in [5, 5.41) is 2.41. The fourth-order valence-electron chi connectivity index (χ4n) is 3.30. The summed E-state index contributed by atoms with van der Waals surface area (Å²) < 4.78 is 33.0. The summed E-state index contributed by atoms with van der Waals surface area (Å²) in [5.41, 5.74) is 0.980. The fraction of sp³-hybridized carbons (Fsp3) is 0.292. The molecule has 0 aliphatic carbocycles. The molecular weight excluding hydrogens is 480 g/mol. The Kier molecular flexibility index (Phi) is 9.46. The lowest BCUT2D eigenvalue weighted by Crippen LogP contribution is -2.43. The molecule has 0 spiro atoms. The molecule has 6 nitrogen and oxygen atoms in total. The molecule has 0 unspecified atom stereocenters. The van der Waals surface area contributed by atoms with Crippen molar-refractivity contribution < 1.29 is 17.9 Å². The number of nitrogens with zero attached hydrogens (tertiary/aromatic N) is 2. The van der Waals surface area contributed by atoms with Gasteiger partial charge in [-0.25, -0.2) is 8.42 Å². The summed E-state index contributed by atoms with van der Waals surface area (Å²) in [6.07, 6.45) is 0.472. The molecule has 3 aromatic rings. The van der Waals surface area contributed by atoms with Gasteiger partial charge >= 0.3 is 0 Å². The summed E-state index contributed by atoms with van der Waals surface area (Å²) in [7, 11) is -2.33. The maximum atomic E-state index is 13.4. The predicted molar refractivity (Wildman–Crippen MR) is 132 cm³/mol. The van der Waals surface area contributed by atoms with Crippen LogP contribution in [0, 0.1) is 0 Å². The molecule has 0 fully saturated rings. The number of benzene rings is 2. The number of ether oxygens (including phenoxy) is 1. The normalized spacial score (nSPS) is 11.6. The predicted octanol–water partition coefficient (Wildman–Crippen LogP) is 4.66. The Morgan fingerprint density at radius 1 is 1.00 bits per heavy atom. The average Bonchev–Trinajstić information content (AvgIpc) is 3.32. The number of amides is 1. The van der Waals surface area contributed by atoms with Crippen LogP contribution in [-0.2, 0) is 32.6 Å². The molecular formula is C24H27ClN2O4S2. The first-order chi connectivity index (χ1) is 15.9. The van der Waals surface area contributed by atoms with Crippen molar-refractivity contribution in [3.63, 3.8) is 0 Å². The van der Waals surface area contributed by atoms with Crippen molar-refractivity contribution in [3.05, 3.63) is 87.6 Å². The van der Waals surface area contributed by atoms with E-state index >= 15 is 0 Å². The molecule has 2 aromatic carbocycles. The molecule has 3 rings (SSSR count). The molecule has 176 valence electrons. The minimum atomic E-state index is -3.89.